The Hall–Kier alpha value is -1.85. The van der Waals surface area contributed by atoms with Crippen molar-refractivity contribution in [2.75, 3.05) is 47.1 Å². The van der Waals surface area contributed by atoms with Gasteiger partial charge in [0.05, 0.1) is 27.4 Å². The maximum absolute atomic E-state index is 12.9. The summed E-state index contributed by atoms with van der Waals surface area (Å²) in [5.74, 6) is 1.79. The fraction of sp³-hybridized carbons (Fsp3) is 0.550. The molecule has 0 spiro atoms. The minimum absolute atomic E-state index is 0.109. The predicted octanol–water partition coefficient (Wildman–Crippen LogP) is 2.79. The predicted molar refractivity (Wildman–Crippen MR) is 97.1 cm³/mol. The second-order valence-corrected chi connectivity index (χ2v) is 6.65. The minimum atomic E-state index is 0.109. The normalized spacial score (nSPS) is 23.7. The molecule has 1 aliphatic heterocycles. The van der Waals surface area contributed by atoms with Crippen LogP contribution in [0.1, 0.15) is 24.8 Å². The van der Waals surface area contributed by atoms with Crippen LogP contribution < -0.4 is 9.47 Å². The summed E-state index contributed by atoms with van der Waals surface area (Å²) in [6, 6.07) is 5.77. The molecule has 1 saturated carbocycles. The van der Waals surface area contributed by atoms with E-state index in [1.54, 1.807) is 14.2 Å². The Morgan fingerprint density at radius 3 is 2.68 bits per heavy atom. The number of hydrogen-bond acceptors (Lipinski definition) is 5. The van der Waals surface area contributed by atoms with E-state index in [-0.39, 0.29) is 5.92 Å². The van der Waals surface area contributed by atoms with Gasteiger partial charge in [0.2, 0.25) is 0 Å². The third-order valence-electron chi connectivity index (χ3n) is 5.02. The third kappa shape index (κ3) is 4.41. The van der Waals surface area contributed by atoms with Crippen molar-refractivity contribution in [1.82, 2.24) is 4.90 Å². The Bertz CT molecular complexity index is 635. The molecule has 0 N–H and O–H groups in total. The summed E-state index contributed by atoms with van der Waals surface area (Å²) >= 11 is 0. The molecule has 0 bridgehead atoms. The van der Waals surface area contributed by atoms with Crippen molar-refractivity contribution in [3.63, 3.8) is 0 Å². The van der Waals surface area contributed by atoms with Crippen LogP contribution in [0.3, 0.4) is 0 Å². The summed E-state index contributed by atoms with van der Waals surface area (Å²) in [6.07, 6.45) is 4.92. The molecule has 5 nitrogen and oxygen atoms in total. The molecular formula is C20H27NO4. The molecule has 1 atom stereocenters. The SMILES string of the molecule is COc1ccc(/C=C2\CCCC(CN3CCOCC3)C2=O)cc1OC. The number of methoxy groups -OCH3 is 2. The highest BCUT2D eigenvalue weighted by Crippen LogP contribution is 2.31. The number of Topliss-reactive ketones (excluding diaryl/α,β-unsaturated/α-hetero) is 1. The average Bonchev–Trinajstić information content (AvgIpc) is 2.65. The lowest BCUT2D eigenvalue weighted by Gasteiger charge is -2.32. The molecular weight excluding hydrogens is 318 g/mol. The van der Waals surface area contributed by atoms with E-state index < -0.39 is 0 Å². The smallest absolute Gasteiger partial charge is 0.163 e. The van der Waals surface area contributed by atoms with Crippen molar-refractivity contribution in [1.29, 1.82) is 0 Å². The number of ether oxygens (including phenoxy) is 3. The molecule has 1 heterocycles. The van der Waals surface area contributed by atoms with Crippen molar-refractivity contribution >= 4 is 11.9 Å². The number of nitrogens with zero attached hydrogens (tertiary/aromatic N) is 1. The summed E-state index contributed by atoms with van der Waals surface area (Å²) < 4.78 is 16.0. The highest BCUT2D eigenvalue weighted by atomic mass is 16.5. The second kappa shape index (κ2) is 8.50. The van der Waals surface area contributed by atoms with Crippen LogP contribution in [0.25, 0.3) is 6.08 Å². The molecule has 3 rings (SSSR count). The molecule has 1 aromatic rings. The van der Waals surface area contributed by atoms with Crippen LogP contribution in [0.15, 0.2) is 23.8 Å². The van der Waals surface area contributed by atoms with Gasteiger partial charge in [-0.05, 0) is 48.6 Å². The lowest BCUT2D eigenvalue weighted by Crippen LogP contribution is -2.42. The van der Waals surface area contributed by atoms with E-state index in [2.05, 4.69) is 4.90 Å². The number of carbonyl (C=O) groups is 1. The van der Waals surface area contributed by atoms with Crippen LogP contribution in [0.2, 0.25) is 0 Å². The molecule has 1 unspecified atom stereocenters. The van der Waals surface area contributed by atoms with E-state index in [0.717, 1.165) is 63.2 Å². The summed E-state index contributed by atoms with van der Waals surface area (Å²) in [6.45, 7) is 4.26. The zero-order valence-electron chi connectivity index (χ0n) is 15.1. The van der Waals surface area contributed by atoms with E-state index in [0.29, 0.717) is 17.3 Å². The van der Waals surface area contributed by atoms with Crippen molar-refractivity contribution in [2.45, 2.75) is 19.3 Å². The van der Waals surface area contributed by atoms with Gasteiger partial charge in [0.15, 0.2) is 17.3 Å². The van der Waals surface area contributed by atoms with Crippen LogP contribution in [-0.4, -0.2) is 57.8 Å². The lowest BCUT2D eigenvalue weighted by atomic mass is 9.83. The number of ketones is 1. The molecule has 0 aromatic heterocycles. The topological polar surface area (TPSA) is 48.0 Å². The number of carbonyl (C=O) groups excluding carboxylic acids is 1. The number of morpholine rings is 1. The van der Waals surface area contributed by atoms with E-state index >= 15 is 0 Å². The number of hydrogen-bond donors (Lipinski definition) is 0. The highest BCUT2D eigenvalue weighted by Gasteiger charge is 2.28. The van der Waals surface area contributed by atoms with Gasteiger partial charge in [-0.25, -0.2) is 0 Å². The summed E-state index contributed by atoms with van der Waals surface area (Å²) in [7, 11) is 3.25. The summed E-state index contributed by atoms with van der Waals surface area (Å²) in [4.78, 5) is 15.3. The first-order valence-corrected chi connectivity index (χ1v) is 8.98. The molecule has 1 aliphatic carbocycles. The Morgan fingerprint density at radius 2 is 1.96 bits per heavy atom. The number of allylic oxidation sites excluding steroid dienone is 1. The van der Waals surface area contributed by atoms with Crippen molar-refractivity contribution in [2.24, 2.45) is 5.92 Å². The number of rotatable bonds is 5. The van der Waals surface area contributed by atoms with Gasteiger partial charge in [-0.2, -0.15) is 0 Å². The van der Waals surface area contributed by atoms with Gasteiger partial charge < -0.3 is 14.2 Å². The van der Waals surface area contributed by atoms with Gasteiger partial charge in [-0.3, -0.25) is 9.69 Å². The Kier molecular flexibility index (Phi) is 6.10. The third-order valence-corrected chi connectivity index (χ3v) is 5.02. The molecule has 25 heavy (non-hydrogen) atoms. The van der Waals surface area contributed by atoms with Crippen LogP contribution in [-0.2, 0) is 9.53 Å². The van der Waals surface area contributed by atoms with Crippen LogP contribution in [0.4, 0.5) is 0 Å². The van der Waals surface area contributed by atoms with Gasteiger partial charge in [-0.15, -0.1) is 0 Å². The first kappa shape index (κ1) is 18.0. The van der Waals surface area contributed by atoms with E-state index in [4.69, 9.17) is 14.2 Å². The van der Waals surface area contributed by atoms with Crippen LogP contribution >= 0.6 is 0 Å². The fourth-order valence-electron chi connectivity index (χ4n) is 3.61. The zero-order valence-corrected chi connectivity index (χ0v) is 15.1. The Labute approximate surface area is 149 Å². The van der Waals surface area contributed by atoms with Crippen molar-refractivity contribution in [3.8, 4) is 11.5 Å². The van der Waals surface area contributed by atoms with Gasteiger partial charge in [0, 0.05) is 25.6 Å². The summed E-state index contributed by atoms with van der Waals surface area (Å²) in [5, 5.41) is 0. The van der Waals surface area contributed by atoms with Gasteiger partial charge >= 0.3 is 0 Å². The van der Waals surface area contributed by atoms with Gasteiger partial charge in [-0.1, -0.05) is 6.07 Å². The lowest BCUT2D eigenvalue weighted by molar-refractivity contribution is -0.121. The fourth-order valence-corrected chi connectivity index (χ4v) is 3.61. The molecule has 1 aromatic carbocycles. The van der Waals surface area contributed by atoms with E-state index in [1.807, 2.05) is 24.3 Å². The van der Waals surface area contributed by atoms with Gasteiger partial charge in [0.1, 0.15) is 0 Å². The van der Waals surface area contributed by atoms with Crippen LogP contribution in [0.5, 0.6) is 11.5 Å². The minimum Gasteiger partial charge on any atom is -0.493 e. The molecule has 136 valence electrons. The molecule has 2 aliphatic rings. The zero-order chi connectivity index (χ0) is 17.6. The average molecular weight is 345 g/mol. The Balaban J connectivity index is 1.72. The quantitative estimate of drug-likeness (QED) is 0.768. The highest BCUT2D eigenvalue weighted by molar-refractivity contribution is 6.01. The molecule has 1 saturated heterocycles. The maximum Gasteiger partial charge on any atom is 0.163 e. The van der Waals surface area contributed by atoms with Crippen LogP contribution in [0, 0.1) is 5.92 Å². The first-order valence-electron chi connectivity index (χ1n) is 8.98. The summed E-state index contributed by atoms with van der Waals surface area (Å²) in [5.41, 5.74) is 1.91. The molecule has 2 fully saturated rings. The maximum atomic E-state index is 12.9. The van der Waals surface area contributed by atoms with Gasteiger partial charge in [0.25, 0.3) is 0 Å². The van der Waals surface area contributed by atoms with Crippen molar-refractivity contribution in [3.05, 3.63) is 29.3 Å². The molecule has 0 amide bonds. The monoisotopic (exact) mass is 345 g/mol. The molecule has 0 radical (unpaired) electrons. The largest absolute Gasteiger partial charge is 0.493 e. The molecule has 5 heteroatoms. The first-order chi connectivity index (χ1) is 12.2. The van der Waals surface area contributed by atoms with E-state index in [9.17, 15) is 4.79 Å². The van der Waals surface area contributed by atoms with E-state index in [1.165, 1.54) is 0 Å². The standard InChI is InChI=1S/C20H27NO4/c1-23-18-7-6-15(13-19(18)24-2)12-16-4-3-5-17(20(16)22)14-21-8-10-25-11-9-21/h6-7,12-13,17H,3-5,8-11,14H2,1-2H3/b16-12+. The van der Waals surface area contributed by atoms with Crippen molar-refractivity contribution < 1.29 is 19.0 Å². The number of benzene rings is 1. The second-order valence-electron chi connectivity index (χ2n) is 6.65. The Morgan fingerprint density at radius 1 is 1.20 bits per heavy atom.